The van der Waals surface area contributed by atoms with Gasteiger partial charge < -0.3 is 15.4 Å². The highest BCUT2D eigenvalue weighted by atomic mass is 35.5. The molecule has 1 heterocycles. The molecule has 5 heteroatoms. The predicted octanol–water partition coefficient (Wildman–Crippen LogP) is 2.17. The van der Waals surface area contributed by atoms with Crippen molar-refractivity contribution in [2.24, 2.45) is 0 Å². The first-order valence-corrected chi connectivity index (χ1v) is 6.37. The van der Waals surface area contributed by atoms with Gasteiger partial charge in [-0.05, 0) is 31.0 Å². The molecule has 1 aliphatic heterocycles. The van der Waals surface area contributed by atoms with Crippen LogP contribution < -0.4 is 5.73 Å². The van der Waals surface area contributed by atoms with Gasteiger partial charge in [0.15, 0.2) is 0 Å². The number of halogens is 1. The van der Waals surface area contributed by atoms with E-state index in [1.165, 1.54) is 0 Å². The lowest BCUT2D eigenvalue weighted by Crippen LogP contribution is -2.40. The van der Waals surface area contributed by atoms with E-state index in [4.69, 9.17) is 22.1 Å². The summed E-state index contributed by atoms with van der Waals surface area (Å²) in [5.41, 5.74) is 6.68. The topological polar surface area (TPSA) is 55.6 Å². The number of hydrogen-bond donors (Lipinski definition) is 1. The van der Waals surface area contributed by atoms with Crippen molar-refractivity contribution in [1.82, 2.24) is 4.90 Å². The van der Waals surface area contributed by atoms with Gasteiger partial charge in [0.05, 0.1) is 10.6 Å². The molecule has 1 aromatic rings. The molecule has 98 valence electrons. The number of benzene rings is 1. The molecule has 0 saturated carbocycles. The van der Waals surface area contributed by atoms with Crippen LogP contribution in [-0.4, -0.2) is 37.1 Å². The second-order valence-corrected chi connectivity index (χ2v) is 4.91. The van der Waals surface area contributed by atoms with E-state index in [0.717, 1.165) is 12.8 Å². The Balaban J connectivity index is 2.14. The summed E-state index contributed by atoms with van der Waals surface area (Å²) < 4.78 is 5.29. The maximum Gasteiger partial charge on any atom is 0.255 e. The van der Waals surface area contributed by atoms with E-state index in [0.29, 0.717) is 29.5 Å². The average Bonchev–Trinajstić information content (AvgIpc) is 2.38. The zero-order chi connectivity index (χ0) is 13.1. The lowest BCUT2D eigenvalue weighted by molar-refractivity contribution is 0.0362. The molecular weight excluding hydrogens is 252 g/mol. The van der Waals surface area contributed by atoms with Crippen LogP contribution in [0.1, 0.15) is 23.2 Å². The van der Waals surface area contributed by atoms with Crippen molar-refractivity contribution in [2.75, 3.05) is 26.0 Å². The summed E-state index contributed by atoms with van der Waals surface area (Å²) in [5.74, 6) is -0.0631. The molecule has 4 nitrogen and oxygen atoms in total. The predicted molar refractivity (Wildman–Crippen MR) is 71.8 cm³/mol. The Morgan fingerprint density at radius 3 is 2.72 bits per heavy atom. The third-order valence-corrected chi connectivity index (χ3v) is 3.60. The summed E-state index contributed by atoms with van der Waals surface area (Å²) in [6.07, 6.45) is 1.74. The third kappa shape index (κ3) is 2.76. The fraction of sp³-hybridized carbons (Fsp3) is 0.462. The number of nitrogens with zero attached hydrogens (tertiary/aromatic N) is 1. The van der Waals surface area contributed by atoms with Crippen LogP contribution in [0.5, 0.6) is 0 Å². The summed E-state index contributed by atoms with van der Waals surface area (Å²) in [6.45, 7) is 1.41. The van der Waals surface area contributed by atoms with Crippen LogP contribution in [0.3, 0.4) is 0 Å². The molecule has 0 unspecified atom stereocenters. The number of nitrogen functional groups attached to an aromatic ring is 1. The molecule has 1 saturated heterocycles. The second kappa shape index (κ2) is 5.59. The summed E-state index contributed by atoms with van der Waals surface area (Å²) in [6, 6.07) is 5.19. The van der Waals surface area contributed by atoms with Gasteiger partial charge >= 0.3 is 0 Å². The maximum atomic E-state index is 12.3. The van der Waals surface area contributed by atoms with E-state index in [-0.39, 0.29) is 11.9 Å². The largest absolute Gasteiger partial charge is 0.399 e. The van der Waals surface area contributed by atoms with E-state index in [2.05, 4.69) is 0 Å². The highest BCUT2D eigenvalue weighted by Crippen LogP contribution is 2.22. The van der Waals surface area contributed by atoms with E-state index in [9.17, 15) is 4.79 Å². The van der Waals surface area contributed by atoms with Gasteiger partial charge in [0, 0.05) is 32.0 Å². The van der Waals surface area contributed by atoms with Gasteiger partial charge in [-0.2, -0.15) is 0 Å². The van der Waals surface area contributed by atoms with Crippen LogP contribution in [-0.2, 0) is 4.74 Å². The van der Waals surface area contributed by atoms with Gasteiger partial charge in [-0.3, -0.25) is 4.79 Å². The van der Waals surface area contributed by atoms with E-state index in [1.807, 2.05) is 7.05 Å². The molecule has 1 fully saturated rings. The minimum absolute atomic E-state index is 0.0631. The first kappa shape index (κ1) is 13.2. The Kier molecular flexibility index (Phi) is 4.09. The van der Waals surface area contributed by atoms with Gasteiger partial charge in [-0.25, -0.2) is 0 Å². The molecule has 1 aliphatic rings. The molecule has 0 aliphatic carbocycles. The van der Waals surface area contributed by atoms with Gasteiger partial charge in [-0.1, -0.05) is 11.6 Å². The number of carbonyl (C=O) groups is 1. The van der Waals surface area contributed by atoms with Gasteiger partial charge in [0.2, 0.25) is 0 Å². The van der Waals surface area contributed by atoms with Crippen molar-refractivity contribution in [3.8, 4) is 0 Å². The Hall–Kier alpha value is -1.26. The minimum Gasteiger partial charge on any atom is -0.399 e. The number of hydrogen-bond acceptors (Lipinski definition) is 3. The van der Waals surface area contributed by atoms with E-state index < -0.39 is 0 Å². The van der Waals surface area contributed by atoms with E-state index in [1.54, 1.807) is 23.1 Å². The first-order chi connectivity index (χ1) is 8.59. The standard InChI is InChI=1S/C13H17ClN2O2/c1-16(10-4-6-18-7-5-10)13(17)11-3-2-9(15)8-12(11)14/h2-3,8,10H,4-7,15H2,1H3. The maximum absolute atomic E-state index is 12.3. The quantitative estimate of drug-likeness (QED) is 0.837. The van der Waals surface area contributed by atoms with Crippen LogP contribution in [0.4, 0.5) is 5.69 Å². The molecule has 0 radical (unpaired) electrons. The van der Waals surface area contributed by atoms with Crippen molar-refractivity contribution in [3.05, 3.63) is 28.8 Å². The van der Waals surface area contributed by atoms with Crippen LogP contribution in [0.25, 0.3) is 0 Å². The Bertz CT molecular complexity index is 445. The van der Waals surface area contributed by atoms with Crippen molar-refractivity contribution < 1.29 is 9.53 Å². The summed E-state index contributed by atoms with van der Waals surface area (Å²) in [5, 5.41) is 0.402. The minimum atomic E-state index is -0.0631. The normalized spacial score (nSPS) is 16.6. The fourth-order valence-electron chi connectivity index (χ4n) is 2.13. The van der Waals surface area contributed by atoms with Crippen LogP contribution in [0.15, 0.2) is 18.2 Å². The SMILES string of the molecule is CN(C(=O)c1ccc(N)cc1Cl)C1CCOCC1. The zero-order valence-corrected chi connectivity index (χ0v) is 11.1. The van der Waals surface area contributed by atoms with Crippen molar-refractivity contribution in [2.45, 2.75) is 18.9 Å². The average molecular weight is 269 g/mol. The van der Waals surface area contributed by atoms with Crippen LogP contribution in [0, 0.1) is 0 Å². The Morgan fingerprint density at radius 2 is 2.11 bits per heavy atom. The highest BCUT2D eigenvalue weighted by Gasteiger charge is 2.24. The molecule has 18 heavy (non-hydrogen) atoms. The number of amides is 1. The monoisotopic (exact) mass is 268 g/mol. The van der Waals surface area contributed by atoms with E-state index >= 15 is 0 Å². The number of carbonyl (C=O) groups excluding carboxylic acids is 1. The number of ether oxygens (including phenoxy) is 1. The van der Waals surface area contributed by atoms with Crippen molar-refractivity contribution in [1.29, 1.82) is 0 Å². The number of rotatable bonds is 2. The fourth-order valence-corrected chi connectivity index (χ4v) is 2.40. The Labute approximate surface area is 112 Å². The molecular formula is C13H17ClN2O2. The lowest BCUT2D eigenvalue weighted by Gasteiger charge is -2.31. The molecule has 2 N–H and O–H groups in total. The van der Waals surface area contributed by atoms with Gasteiger partial charge in [0.25, 0.3) is 5.91 Å². The summed E-state index contributed by atoms with van der Waals surface area (Å²) >= 11 is 6.06. The lowest BCUT2D eigenvalue weighted by atomic mass is 10.1. The number of nitrogens with two attached hydrogens (primary N) is 1. The number of anilines is 1. The van der Waals surface area contributed by atoms with Crippen molar-refractivity contribution >= 4 is 23.2 Å². The Morgan fingerprint density at radius 1 is 1.44 bits per heavy atom. The second-order valence-electron chi connectivity index (χ2n) is 4.50. The van der Waals surface area contributed by atoms with Gasteiger partial charge in [0.1, 0.15) is 0 Å². The summed E-state index contributed by atoms with van der Waals surface area (Å²) in [4.78, 5) is 14.1. The van der Waals surface area contributed by atoms with Gasteiger partial charge in [-0.15, -0.1) is 0 Å². The zero-order valence-electron chi connectivity index (χ0n) is 10.4. The molecule has 1 amide bonds. The van der Waals surface area contributed by atoms with Crippen LogP contribution in [0.2, 0.25) is 5.02 Å². The first-order valence-electron chi connectivity index (χ1n) is 5.99. The van der Waals surface area contributed by atoms with Crippen LogP contribution >= 0.6 is 11.6 Å². The third-order valence-electron chi connectivity index (χ3n) is 3.28. The molecule has 0 bridgehead atoms. The molecule has 2 rings (SSSR count). The molecule has 1 aromatic carbocycles. The smallest absolute Gasteiger partial charge is 0.255 e. The molecule has 0 spiro atoms. The molecule has 0 aromatic heterocycles. The summed E-state index contributed by atoms with van der Waals surface area (Å²) in [7, 11) is 1.81. The highest BCUT2D eigenvalue weighted by molar-refractivity contribution is 6.34. The molecule has 0 atom stereocenters. The van der Waals surface area contributed by atoms with Crippen molar-refractivity contribution in [3.63, 3.8) is 0 Å².